The standard InChI is InChI=1S/C9H11BCl2O2/c1-5(2)6-3-4-7(10(13)14)9(12)8(6)11/h3-5,13-14H,1-2H3. The van der Waals surface area contributed by atoms with Crippen LogP contribution in [-0.4, -0.2) is 17.2 Å². The third-order valence-electron chi connectivity index (χ3n) is 2.04. The van der Waals surface area contributed by atoms with Gasteiger partial charge in [0.2, 0.25) is 0 Å². The van der Waals surface area contributed by atoms with Gasteiger partial charge in [-0.3, -0.25) is 0 Å². The summed E-state index contributed by atoms with van der Waals surface area (Å²) in [4.78, 5) is 0. The van der Waals surface area contributed by atoms with Crippen molar-refractivity contribution in [1.82, 2.24) is 0 Å². The van der Waals surface area contributed by atoms with Gasteiger partial charge < -0.3 is 10.0 Å². The molecule has 0 aliphatic carbocycles. The molecule has 0 fully saturated rings. The molecule has 0 aliphatic rings. The Labute approximate surface area is 93.6 Å². The van der Waals surface area contributed by atoms with Crippen LogP contribution in [0.3, 0.4) is 0 Å². The van der Waals surface area contributed by atoms with Gasteiger partial charge >= 0.3 is 7.12 Å². The average Bonchev–Trinajstić information content (AvgIpc) is 2.08. The Morgan fingerprint density at radius 1 is 1.14 bits per heavy atom. The Morgan fingerprint density at radius 2 is 1.71 bits per heavy atom. The van der Waals surface area contributed by atoms with Crippen molar-refractivity contribution in [2.75, 3.05) is 0 Å². The largest absolute Gasteiger partial charge is 0.490 e. The van der Waals surface area contributed by atoms with E-state index in [1.54, 1.807) is 12.1 Å². The topological polar surface area (TPSA) is 40.5 Å². The molecule has 0 saturated heterocycles. The molecule has 0 radical (unpaired) electrons. The van der Waals surface area contributed by atoms with Crippen LogP contribution in [0.5, 0.6) is 0 Å². The summed E-state index contributed by atoms with van der Waals surface area (Å²) in [6.07, 6.45) is 0. The molecule has 0 bridgehead atoms. The van der Waals surface area contributed by atoms with Crippen LogP contribution < -0.4 is 5.46 Å². The van der Waals surface area contributed by atoms with Gasteiger partial charge in [0.05, 0.1) is 10.0 Å². The SMILES string of the molecule is CC(C)c1ccc(B(O)O)c(Cl)c1Cl. The monoisotopic (exact) mass is 232 g/mol. The van der Waals surface area contributed by atoms with Gasteiger partial charge in [-0.1, -0.05) is 49.2 Å². The summed E-state index contributed by atoms with van der Waals surface area (Å²) in [7, 11) is -1.58. The molecule has 1 aromatic carbocycles. The normalized spacial score (nSPS) is 10.8. The minimum absolute atomic E-state index is 0.216. The molecule has 5 heteroatoms. The van der Waals surface area contributed by atoms with E-state index in [4.69, 9.17) is 33.2 Å². The summed E-state index contributed by atoms with van der Waals surface area (Å²) in [5.74, 6) is 0.255. The Hall–Kier alpha value is -0.215. The molecule has 0 heterocycles. The summed E-state index contributed by atoms with van der Waals surface area (Å²) in [5, 5.41) is 18.6. The lowest BCUT2D eigenvalue weighted by molar-refractivity contribution is 0.426. The Morgan fingerprint density at radius 3 is 2.14 bits per heavy atom. The highest BCUT2D eigenvalue weighted by atomic mass is 35.5. The van der Waals surface area contributed by atoms with Gasteiger partial charge in [-0.05, 0) is 11.5 Å². The highest BCUT2D eigenvalue weighted by Gasteiger charge is 2.19. The summed E-state index contributed by atoms with van der Waals surface area (Å²) in [6.45, 7) is 3.99. The third-order valence-corrected chi connectivity index (χ3v) is 2.95. The van der Waals surface area contributed by atoms with E-state index in [1.165, 1.54) is 0 Å². The molecule has 0 unspecified atom stereocenters. The van der Waals surface area contributed by atoms with Crippen LogP contribution in [0.25, 0.3) is 0 Å². The van der Waals surface area contributed by atoms with Gasteiger partial charge in [-0.15, -0.1) is 0 Å². The van der Waals surface area contributed by atoms with E-state index in [0.29, 0.717) is 5.02 Å². The maximum absolute atomic E-state index is 8.97. The first-order chi connectivity index (χ1) is 6.45. The second-order valence-electron chi connectivity index (χ2n) is 3.40. The number of halogens is 2. The maximum Gasteiger partial charge on any atom is 0.490 e. The van der Waals surface area contributed by atoms with Gasteiger partial charge in [0.15, 0.2) is 0 Å². The van der Waals surface area contributed by atoms with Gasteiger partial charge in [0.25, 0.3) is 0 Å². The summed E-state index contributed by atoms with van der Waals surface area (Å²) < 4.78 is 0. The minimum atomic E-state index is -1.58. The molecule has 0 amide bonds. The zero-order chi connectivity index (χ0) is 10.9. The first kappa shape index (κ1) is 11.9. The first-order valence-corrected chi connectivity index (χ1v) is 5.04. The number of benzene rings is 1. The Bertz CT molecular complexity index is 307. The molecule has 76 valence electrons. The quantitative estimate of drug-likeness (QED) is 0.764. The van der Waals surface area contributed by atoms with Gasteiger partial charge in [0, 0.05) is 5.46 Å². The second kappa shape index (κ2) is 4.54. The minimum Gasteiger partial charge on any atom is -0.423 e. The lowest BCUT2D eigenvalue weighted by Gasteiger charge is -2.12. The third kappa shape index (κ3) is 2.23. The Kier molecular flexibility index (Phi) is 3.84. The number of rotatable bonds is 2. The van der Waals surface area contributed by atoms with Crippen molar-refractivity contribution in [3.05, 3.63) is 27.7 Å². The lowest BCUT2D eigenvalue weighted by Crippen LogP contribution is -2.31. The zero-order valence-corrected chi connectivity index (χ0v) is 9.47. The van der Waals surface area contributed by atoms with Gasteiger partial charge in [-0.25, -0.2) is 0 Å². The van der Waals surface area contributed by atoms with Crippen LogP contribution in [0.2, 0.25) is 10.0 Å². The van der Waals surface area contributed by atoms with Crippen LogP contribution in [0, 0.1) is 0 Å². The van der Waals surface area contributed by atoms with E-state index >= 15 is 0 Å². The van der Waals surface area contributed by atoms with Crippen molar-refractivity contribution in [1.29, 1.82) is 0 Å². The highest BCUT2D eigenvalue weighted by molar-refractivity contribution is 6.64. The molecule has 1 aromatic rings. The van der Waals surface area contributed by atoms with Crippen molar-refractivity contribution in [2.24, 2.45) is 0 Å². The smallest absolute Gasteiger partial charge is 0.423 e. The molecular formula is C9H11BCl2O2. The molecule has 2 nitrogen and oxygen atoms in total. The van der Waals surface area contributed by atoms with Crippen molar-refractivity contribution in [2.45, 2.75) is 19.8 Å². The molecule has 1 rings (SSSR count). The van der Waals surface area contributed by atoms with Crippen LogP contribution >= 0.6 is 23.2 Å². The first-order valence-electron chi connectivity index (χ1n) is 4.29. The molecule has 0 saturated carbocycles. The van der Waals surface area contributed by atoms with E-state index in [0.717, 1.165) is 5.56 Å². The van der Waals surface area contributed by atoms with Crippen molar-refractivity contribution in [3.63, 3.8) is 0 Å². The van der Waals surface area contributed by atoms with Crippen molar-refractivity contribution >= 4 is 35.8 Å². The summed E-state index contributed by atoms with van der Waals surface area (Å²) in [6, 6.07) is 3.34. The molecule has 2 N–H and O–H groups in total. The van der Waals surface area contributed by atoms with E-state index in [-0.39, 0.29) is 16.4 Å². The van der Waals surface area contributed by atoms with Crippen LogP contribution in [0.15, 0.2) is 12.1 Å². The van der Waals surface area contributed by atoms with Crippen LogP contribution in [0.4, 0.5) is 0 Å². The van der Waals surface area contributed by atoms with Gasteiger partial charge in [-0.2, -0.15) is 0 Å². The van der Waals surface area contributed by atoms with E-state index in [9.17, 15) is 0 Å². The second-order valence-corrected chi connectivity index (χ2v) is 4.16. The lowest BCUT2D eigenvalue weighted by atomic mass is 9.79. The Balaban J connectivity index is 3.26. The predicted molar refractivity (Wildman–Crippen MR) is 60.4 cm³/mol. The van der Waals surface area contributed by atoms with Gasteiger partial charge in [0.1, 0.15) is 0 Å². The fourth-order valence-corrected chi connectivity index (χ4v) is 1.88. The molecule has 0 aromatic heterocycles. The van der Waals surface area contributed by atoms with E-state index < -0.39 is 7.12 Å². The fraction of sp³-hybridized carbons (Fsp3) is 0.333. The predicted octanol–water partition coefficient (Wildman–Crippen LogP) is 1.80. The fourth-order valence-electron chi connectivity index (χ4n) is 1.22. The molecule has 0 spiro atoms. The zero-order valence-electron chi connectivity index (χ0n) is 7.96. The van der Waals surface area contributed by atoms with Crippen LogP contribution in [-0.2, 0) is 0 Å². The maximum atomic E-state index is 8.97. The summed E-state index contributed by atoms with van der Waals surface area (Å²) in [5.41, 5.74) is 1.14. The highest BCUT2D eigenvalue weighted by Crippen LogP contribution is 2.29. The summed E-state index contributed by atoms with van der Waals surface area (Å²) >= 11 is 11.9. The average molecular weight is 233 g/mol. The number of hydrogen-bond acceptors (Lipinski definition) is 2. The van der Waals surface area contributed by atoms with Crippen molar-refractivity contribution < 1.29 is 10.0 Å². The molecule has 14 heavy (non-hydrogen) atoms. The van der Waals surface area contributed by atoms with Crippen molar-refractivity contribution in [3.8, 4) is 0 Å². The van der Waals surface area contributed by atoms with Crippen LogP contribution in [0.1, 0.15) is 25.3 Å². The molecule has 0 atom stereocenters. The van der Waals surface area contributed by atoms with E-state index in [2.05, 4.69) is 0 Å². The molecule has 0 aliphatic heterocycles. The van der Waals surface area contributed by atoms with E-state index in [1.807, 2.05) is 13.8 Å². The molecular weight excluding hydrogens is 222 g/mol. The number of hydrogen-bond donors (Lipinski definition) is 2.